The summed E-state index contributed by atoms with van der Waals surface area (Å²) in [6.07, 6.45) is -0.885. The predicted molar refractivity (Wildman–Crippen MR) is 65.7 cm³/mol. The molecule has 1 aromatic rings. The van der Waals surface area contributed by atoms with Crippen molar-refractivity contribution in [1.82, 2.24) is 4.90 Å². The molecule has 0 unspecified atom stereocenters. The van der Waals surface area contributed by atoms with Gasteiger partial charge in [0.05, 0.1) is 13.1 Å². The van der Waals surface area contributed by atoms with E-state index in [1.165, 1.54) is 0 Å². The summed E-state index contributed by atoms with van der Waals surface area (Å²) in [4.78, 5) is 22.8. The van der Waals surface area contributed by atoms with Gasteiger partial charge in [0, 0.05) is 0 Å². The molecule has 8 heteroatoms. The van der Waals surface area contributed by atoms with E-state index in [1.54, 1.807) is 30.3 Å². The van der Waals surface area contributed by atoms with Crippen molar-refractivity contribution in [1.29, 1.82) is 0 Å². The predicted octanol–water partition coefficient (Wildman–Crippen LogP) is 1.09. The first-order valence-corrected chi connectivity index (χ1v) is 6.05. The van der Waals surface area contributed by atoms with Crippen LogP contribution in [0.2, 0.25) is 0 Å². The Hall–Kier alpha value is -2.22. The van der Waals surface area contributed by atoms with Crippen molar-refractivity contribution >= 4 is 12.1 Å². The monoisotopic (exact) mass is 301 g/mol. The Balaban J connectivity index is 1.87. The van der Waals surface area contributed by atoms with E-state index in [9.17, 15) is 23.5 Å². The van der Waals surface area contributed by atoms with E-state index < -0.39 is 36.7 Å². The van der Waals surface area contributed by atoms with Crippen molar-refractivity contribution in [2.75, 3.05) is 13.1 Å². The number of aliphatic carboxylic acids is 1. The molecule has 2 N–H and O–H groups in total. The first-order valence-electron chi connectivity index (χ1n) is 6.05. The fraction of sp³-hybridized carbons (Fsp3) is 0.385. The average Bonchev–Trinajstić information content (AvgIpc) is 2.42. The summed E-state index contributed by atoms with van der Waals surface area (Å²) in [5.41, 5.74) is -2.04. The summed E-state index contributed by atoms with van der Waals surface area (Å²) in [6, 6.07) is 8.73. The van der Waals surface area contributed by atoms with E-state index in [0.29, 0.717) is 0 Å². The van der Waals surface area contributed by atoms with Gasteiger partial charge in [0.2, 0.25) is 0 Å². The zero-order chi connectivity index (χ0) is 15.7. The Morgan fingerprint density at radius 2 is 1.86 bits per heavy atom. The maximum Gasteiger partial charge on any atom is 0.410 e. The third kappa shape index (κ3) is 2.80. The lowest BCUT2D eigenvalue weighted by Crippen LogP contribution is -2.73. The molecule has 114 valence electrons. The Morgan fingerprint density at radius 1 is 1.29 bits per heavy atom. The number of carbonyl (C=O) groups excluding carboxylic acids is 1. The summed E-state index contributed by atoms with van der Waals surface area (Å²) in [5.74, 6) is -6.74. The van der Waals surface area contributed by atoms with Gasteiger partial charge in [-0.3, -0.25) is 0 Å². The Labute approximate surface area is 118 Å². The number of likely N-dealkylation sites (tertiary alicyclic amines) is 1. The van der Waals surface area contributed by atoms with Crippen molar-refractivity contribution in [3.8, 4) is 0 Å². The number of β-amino-alcohol motifs (C(OH)–C–C–N with tert-alkyl or cyclic N) is 1. The normalized spacial score (nSPS) is 17.0. The molecule has 0 bridgehead atoms. The van der Waals surface area contributed by atoms with E-state index in [4.69, 9.17) is 9.84 Å². The number of hydrogen-bond donors (Lipinski definition) is 2. The van der Waals surface area contributed by atoms with Gasteiger partial charge in [-0.05, 0) is 5.56 Å². The van der Waals surface area contributed by atoms with Crippen LogP contribution in [0, 0.1) is 0 Å². The molecule has 1 aromatic carbocycles. The maximum absolute atomic E-state index is 13.2. The first kappa shape index (κ1) is 15.2. The number of halogens is 2. The highest BCUT2D eigenvalue weighted by Crippen LogP contribution is 2.37. The number of alkyl halides is 2. The van der Waals surface area contributed by atoms with Crippen LogP contribution in [0.1, 0.15) is 5.56 Å². The lowest BCUT2D eigenvalue weighted by Gasteiger charge is -2.47. The standard InChI is InChI=1S/C13H13F2NO5/c14-13(15,10(17)18)12(20)7-16(8-12)11(19)21-6-9-4-2-1-3-5-9/h1-5,20H,6-8H2,(H,17,18). The molecule has 21 heavy (non-hydrogen) atoms. The van der Waals surface area contributed by atoms with Crippen LogP contribution in [-0.2, 0) is 16.1 Å². The van der Waals surface area contributed by atoms with Crippen molar-refractivity contribution < 1.29 is 33.3 Å². The molecule has 1 aliphatic heterocycles. The molecule has 0 atom stereocenters. The van der Waals surface area contributed by atoms with Gasteiger partial charge >= 0.3 is 18.0 Å². The number of aliphatic hydroxyl groups is 1. The largest absolute Gasteiger partial charge is 0.477 e. The van der Waals surface area contributed by atoms with Gasteiger partial charge in [0.25, 0.3) is 0 Å². The Bertz CT molecular complexity index is 543. The molecule has 1 heterocycles. The summed E-state index contributed by atoms with van der Waals surface area (Å²) >= 11 is 0. The Morgan fingerprint density at radius 3 is 2.38 bits per heavy atom. The van der Waals surface area contributed by atoms with Gasteiger partial charge in [0.15, 0.2) is 5.60 Å². The Kier molecular flexibility index (Phi) is 3.82. The quantitative estimate of drug-likeness (QED) is 0.869. The minimum absolute atomic E-state index is 0.0378. The molecule has 1 saturated heterocycles. The van der Waals surface area contributed by atoms with Crippen LogP contribution in [0.5, 0.6) is 0 Å². The van der Waals surface area contributed by atoms with E-state index in [2.05, 4.69) is 0 Å². The molecule has 0 radical (unpaired) electrons. The van der Waals surface area contributed by atoms with Crippen molar-refractivity contribution in [3.63, 3.8) is 0 Å². The van der Waals surface area contributed by atoms with E-state index in [0.717, 1.165) is 10.5 Å². The lowest BCUT2D eigenvalue weighted by atomic mass is 9.87. The molecule has 0 spiro atoms. The van der Waals surface area contributed by atoms with Crippen LogP contribution in [0.4, 0.5) is 13.6 Å². The number of benzene rings is 1. The number of carboxylic acids is 1. The molecular formula is C13H13F2NO5. The minimum atomic E-state index is -4.32. The number of nitrogens with zero attached hydrogens (tertiary/aromatic N) is 1. The van der Waals surface area contributed by atoms with Crippen LogP contribution >= 0.6 is 0 Å². The SMILES string of the molecule is O=C(OCc1ccccc1)N1CC(O)(C(F)(F)C(=O)O)C1. The highest BCUT2D eigenvalue weighted by Gasteiger charge is 2.65. The summed E-state index contributed by atoms with van der Waals surface area (Å²) in [5, 5.41) is 17.9. The first-order chi connectivity index (χ1) is 9.76. The topological polar surface area (TPSA) is 87.1 Å². The third-order valence-electron chi connectivity index (χ3n) is 3.22. The van der Waals surface area contributed by atoms with E-state index in [-0.39, 0.29) is 6.61 Å². The molecule has 0 aliphatic carbocycles. The zero-order valence-electron chi connectivity index (χ0n) is 10.8. The number of ether oxygens (including phenoxy) is 1. The number of amides is 1. The lowest BCUT2D eigenvalue weighted by molar-refractivity contribution is -0.239. The molecule has 1 amide bonds. The summed E-state index contributed by atoms with van der Waals surface area (Å²) in [6.45, 7) is -1.62. The van der Waals surface area contributed by atoms with Gasteiger partial charge in [0.1, 0.15) is 6.61 Å². The second kappa shape index (κ2) is 5.28. The highest BCUT2D eigenvalue weighted by atomic mass is 19.3. The molecule has 2 rings (SSSR count). The molecule has 1 fully saturated rings. The number of hydrogen-bond acceptors (Lipinski definition) is 4. The highest BCUT2D eigenvalue weighted by molar-refractivity contribution is 5.79. The van der Waals surface area contributed by atoms with Crippen LogP contribution in [0.15, 0.2) is 30.3 Å². The number of carbonyl (C=O) groups is 2. The van der Waals surface area contributed by atoms with Crippen molar-refractivity contribution in [2.45, 2.75) is 18.1 Å². The molecular weight excluding hydrogens is 288 g/mol. The van der Waals surface area contributed by atoms with Crippen molar-refractivity contribution in [3.05, 3.63) is 35.9 Å². The number of rotatable bonds is 4. The minimum Gasteiger partial charge on any atom is -0.477 e. The molecule has 6 nitrogen and oxygen atoms in total. The van der Waals surface area contributed by atoms with Gasteiger partial charge in [-0.1, -0.05) is 30.3 Å². The second-order valence-electron chi connectivity index (χ2n) is 4.81. The van der Waals surface area contributed by atoms with Gasteiger partial charge in [-0.25, -0.2) is 9.59 Å². The van der Waals surface area contributed by atoms with Crippen LogP contribution in [0.3, 0.4) is 0 Å². The zero-order valence-corrected chi connectivity index (χ0v) is 10.8. The molecule has 0 aromatic heterocycles. The third-order valence-corrected chi connectivity index (χ3v) is 3.22. The maximum atomic E-state index is 13.2. The average molecular weight is 301 g/mol. The number of carboxylic acid groups (broad SMARTS) is 1. The van der Waals surface area contributed by atoms with Crippen LogP contribution < -0.4 is 0 Å². The summed E-state index contributed by atoms with van der Waals surface area (Å²) in [7, 11) is 0. The molecule has 1 aliphatic rings. The van der Waals surface area contributed by atoms with Gasteiger partial charge < -0.3 is 19.8 Å². The summed E-state index contributed by atoms with van der Waals surface area (Å²) < 4.78 is 31.4. The second-order valence-corrected chi connectivity index (χ2v) is 4.81. The fourth-order valence-corrected chi connectivity index (χ4v) is 1.92. The van der Waals surface area contributed by atoms with Crippen LogP contribution in [0.25, 0.3) is 0 Å². The smallest absolute Gasteiger partial charge is 0.410 e. The van der Waals surface area contributed by atoms with E-state index >= 15 is 0 Å². The van der Waals surface area contributed by atoms with Crippen molar-refractivity contribution in [2.24, 2.45) is 0 Å². The molecule has 0 saturated carbocycles. The van der Waals surface area contributed by atoms with Gasteiger partial charge in [-0.15, -0.1) is 0 Å². The fourth-order valence-electron chi connectivity index (χ4n) is 1.92. The van der Waals surface area contributed by atoms with Crippen LogP contribution in [-0.4, -0.2) is 51.8 Å². The van der Waals surface area contributed by atoms with E-state index in [1.807, 2.05) is 0 Å². The van der Waals surface area contributed by atoms with Gasteiger partial charge in [-0.2, -0.15) is 8.78 Å².